The summed E-state index contributed by atoms with van der Waals surface area (Å²) in [6, 6.07) is 15.4. The monoisotopic (exact) mass is 383 g/mol. The quantitative estimate of drug-likeness (QED) is 0.536. The summed E-state index contributed by atoms with van der Waals surface area (Å²) in [6.45, 7) is 0.233. The first kappa shape index (κ1) is 18.3. The fraction of sp³-hybridized carbons (Fsp3) is 0.0526. The second-order valence-electron chi connectivity index (χ2n) is 5.73. The number of pyridine rings is 1. The van der Waals surface area contributed by atoms with Gasteiger partial charge in [0.05, 0.1) is 17.0 Å². The molecule has 1 heterocycles. The van der Waals surface area contributed by atoms with Crippen molar-refractivity contribution < 1.29 is 9.72 Å². The van der Waals surface area contributed by atoms with Crippen LogP contribution in [0.25, 0.3) is 0 Å². The number of non-ortho nitro benzene ring substituents is 1. The number of nitrogens with zero attached hydrogens (tertiary/aromatic N) is 2. The summed E-state index contributed by atoms with van der Waals surface area (Å²) >= 11 is 6.13. The van der Waals surface area contributed by atoms with E-state index >= 15 is 0 Å². The summed E-state index contributed by atoms with van der Waals surface area (Å²) < 4.78 is 1.39. The van der Waals surface area contributed by atoms with Crippen LogP contribution in [0.4, 0.5) is 11.4 Å². The average molecular weight is 384 g/mol. The van der Waals surface area contributed by atoms with E-state index in [0.717, 1.165) is 5.56 Å². The van der Waals surface area contributed by atoms with Crippen LogP contribution in [0.3, 0.4) is 0 Å². The van der Waals surface area contributed by atoms with Crippen LogP contribution in [0.5, 0.6) is 0 Å². The lowest BCUT2D eigenvalue weighted by atomic mass is 10.2. The molecule has 0 saturated carbocycles. The van der Waals surface area contributed by atoms with Crippen LogP contribution in [-0.4, -0.2) is 15.4 Å². The van der Waals surface area contributed by atoms with Crippen molar-refractivity contribution in [3.05, 3.63) is 103 Å². The zero-order chi connectivity index (χ0) is 19.4. The first-order chi connectivity index (χ1) is 12.9. The van der Waals surface area contributed by atoms with E-state index in [0.29, 0.717) is 10.7 Å². The van der Waals surface area contributed by atoms with Crippen molar-refractivity contribution in [3.8, 4) is 0 Å². The molecule has 1 aromatic heterocycles. The van der Waals surface area contributed by atoms with Crippen molar-refractivity contribution in [1.82, 2.24) is 4.57 Å². The average Bonchev–Trinajstić information content (AvgIpc) is 2.65. The molecule has 0 radical (unpaired) electrons. The van der Waals surface area contributed by atoms with Gasteiger partial charge >= 0.3 is 0 Å². The fourth-order valence-corrected chi connectivity index (χ4v) is 2.66. The van der Waals surface area contributed by atoms with Gasteiger partial charge in [-0.1, -0.05) is 29.8 Å². The molecule has 0 aliphatic heterocycles. The number of nitrogens with one attached hydrogen (secondary N) is 1. The van der Waals surface area contributed by atoms with Gasteiger partial charge < -0.3 is 9.88 Å². The number of hydrogen-bond acceptors (Lipinski definition) is 4. The molecule has 27 heavy (non-hydrogen) atoms. The Hall–Kier alpha value is -3.45. The minimum absolute atomic E-state index is 0.0683. The van der Waals surface area contributed by atoms with E-state index < -0.39 is 10.8 Å². The number of aromatic nitrogens is 1. The smallest absolute Gasteiger partial charge is 0.269 e. The first-order valence-electron chi connectivity index (χ1n) is 7.94. The molecular formula is C19H14ClN3O4. The van der Waals surface area contributed by atoms with Gasteiger partial charge in [-0.3, -0.25) is 19.7 Å². The van der Waals surface area contributed by atoms with Crippen LogP contribution >= 0.6 is 11.6 Å². The highest BCUT2D eigenvalue weighted by Crippen LogP contribution is 2.17. The van der Waals surface area contributed by atoms with Crippen molar-refractivity contribution >= 4 is 28.9 Å². The van der Waals surface area contributed by atoms with Crippen LogP contribution in [-0.2, 0) is 6.54 Å². The second kappa shape index (κ2) is 7.84. The van der Waals surface area contributed by atoms with Gasteiger partial charge in [-0.05, 0) is 29.8 Å². The minimum Gasteiger partial charge on any atom is -0.322 e. The molecule has 0 atom stereocenters. The molecule has 0 spiro atoms. The van der Waals surface area contributed by atoms with E-state index in [1.165, 1.54) is 47.2 Å². The Labute approximate surface area is 159 Å². The van der Waals surface area contributed by atoms with E-state index in [1.807, 2.05) is 6.07 Å². The predicted molar refractivity (Wildman–Crippen MR) is 102 cm³/mol. The van der Waals surface area contributed by atoms with E-state index in [4.69, 9.17) is 11.6 Å². The Morgan fingerprint density at radius 2 is 1.78 bits per heavy atom. The van der Waals surface area contributed by atoms with Crippen LogP contribution in [0.15, 0.2) is 71.7 Å². The molecule has 136 valence electrons. The largest absolute Gasteiger partial charge is 0.322 e. The maximum atomic E-state index is 12.4. The van der Waals surface area contributed by atoms with E-state index in [2.05, 4.69) is 5.32 Å². The maximum Gasteiger partial charge on any atom is 0.269 e. The van der Waals surface area contributed by atoms with Gasteiger partial charge in [0.1, 0.15) is 0 Å². The van der Waals surface area contributed by atoms with E-state index in [1.54, 1.807) is 18.2 Å². The van der Waals surface area contributed by atoms with Crippen molar-refractivity contribution in [1.29, 1.82) is 0 Å². The summed E-state index contributed by atoms with van der Waals surface area (Å²) in [7, 11) is 0. The van der Waals surface area contributed by atoms with Gasteiger partial charge in [0.2, 0.25) is 0 Å². The van der Waals surface area contributed by atoms with Crippen molar-refractivity contribution in [2.24, 2.45) is 0 Å². The number of carbonyl (C=O) groups excluding carboxylic acids is 1. The first-order valence-corrected chi connectivity index (χ1v) is 8.31. The molecule has 0 aliphatic carbocycles. The number of carbonyl (C=O) groups is 1. The lowest BCUT2D eigenvalue weighted by Gasteiger charge is -2.10. The highest BCUT2D eigenvalue weighted by molar-refractivity contribution is 6.31. The summed E-state index contributed by atoms with van der Waals surface area (Å²) in [5.74, 6) is -0.434. The standard InChI is InChI=1S/C19H14ClN3O4/c20-17-4-2-1-3-13(17)11-22-12-14(5-10-18(22)24)19(25)21-15-6-8-16(9-7-15)23(26)27/h1-10,12H,11H2,(H,21,25). The van der Waals surface area contributed by atoms with E-state index in [-0.39, 0.29) is 23.4 Å². The van der Waals surface area contributed by atoms with Crippen LogP contribution in [0.1, 0.15) is 15.9 Å². The zero-order valence-corrected chi connectivity index (χ0v) is 14.7. The summed E-state index contributed by atoms with van der Waals surface area (Å²) in [4.78, 5) is 34.7. The molecule has 3 rings (SSSR count). The Balaban J connectivity index is 1.80. The van der Waals surface area contributed by atoms with Gasteiger partial charge in [-0.25, -0.2) is 0 Å². The zero-order valence-electron chi connectivity index (χ0n) is 14.0. The van der Waals surface area contributed by atoms with Crippen LogP contribution in [0, 0.1) is 10.1 Å². The topological polar surface area (TPSA) is 94.2 Å². The molecule has 8 heteroatoms. The number of rotatable bonds is 5. The lowest BCUT2D eigenvalue weighted by Crippen LogP contribution is -2.22. The minimum atomic E-state index is -0.518. The molecule has 0 unspecified atom stereocenters. The highest BCUT2D eigenvalue weighted by atomic mass is 35.5. The Morgan fingerprint density at radius 1 is 1.07 bits per heavy atom. The molecular weight excluding hydrogens is 370 g/mol. The number of nitro benzene ring substituents is 1. The van der Waals surface area contributed by atoms with Gasteiger partial charge in [-0.2, -0.15) is 0 Å². The molecule has 1 amide bonds. The summed E-state index contributed by atoms with van der Waals surface area (Å²) in [6.07, 6.45) is 1.45. The third kappa shape index (κ3) is 4.39. The fourth-order valence-electron chi connectivity index (χ4n) is 2.47. The van der Waals surface area contributed by atoms with Gasteiger partial charge in [0.15, 0.2) is 0 Å². The van der Waals surface area contributed by atoms with Crippen molar-refractivity contribution in [2.45, 2.75) is 6.54 Å². The Morgan fingerprint density at radius 3 is 2.44 bits per heavy atom. The molecule has 0 saturated heterocycles. The van der Waals surface area contributed by atoms with Crippen LogP contribution < -0.4 is 10.9 Å². The molecule has 1 N–H and O–H groups in total. The molecule has 0 bridgehead atoms. The van der Waals surface area contributed by atoms with Crippen molar-refractivity contribution in [2.75, 3.05) is 5.32 Å². The van der Waals surface area contributed by atoms with Crippen LogP contribution in [0.2, 0.25) is 5.02 Å². The third-order valence-electron chi connectivity index (χ3n) is 3.88. The highest BCUT2D eigenvalue weighted by Gasteiger charge is 2.11. The normalized spacial score (nSPS) is 10.4. The molecule has 0 fully saturated rings. The number of nitro groups is 1. The summed E-state index contributed by atoms with van der Waals surface area (Å²) in [5.41, 5.74) is 1.12. The number of amides is 1. The third-order valence-corrected chi connectivity index (χ3v) is 4.25. The second-order valence-corrected chi connectivity index (χ2v) is 6.14. The van der Waals surface area contributed by atoms with Gasteiger partial charge in [-0.15, -0.1) is 0 Å². The molecule has 2 aromatic carbocycles. The SMILES string of the molecule is O=C(Nc1ccc([N+](=O)[O-])cc1)c1ccc(=O)n(Cc2ccccc2Cl)c1. The Bertz CT molecular complexity index is 1060. The van der Waals surface area contributed by atoms with Gasteiger partial charge in [0, 0.05) is 35.1 Å². The summed E-state index contributed by atoms with van der Waals surface area (Å²) in [5, 5.41) is 13.9. The molecule has 7 nitrogen and oxygen atoms in total. The van der Waals surface area contributed by atoms with Gasteiger partial charge in [0.25, 0.3) is 17.2 Å². The molecule has 3 aromatic rings. The number of hydrogen-bond donors (Lipinski definition) is 1. The van der Waals surface area contributed by atoms with Crippen molar-refractivity contribution in [3.63, 3.8) is 0 Å². The number of anilines is 1. The number of benzene rings is 2. The van der Waals surface area contributed by atoms with E-state index in [9.17, 15) is 19.7 Å². The maximum absolute atomic E-state index is 12.4. The lowest BCUT2D eigenvalue weighted by molar-refractivity contribution is -0.384. The molecule has 0 aliphatic rings. The number of halogens is 1. The Kier molecular flexibility index (Phi) is 5.33. The predicted octanol–water partition coefficient (Wildman–Crippen LogP) is 3.71.